The Hall–Kier alpha value is -4.55. The quantitative estimate of drug-likeness (QED) is 0.406. The van der Waals surface area contributed by atoms with E-state index in [0.29, 0.717) is 36.0 Å². The predicted octanol–water partition coefficient (Wildman–Crippen LogP) is 1.72. The maximum absolute atomic E-state index is 12.0. The molecule has 13 heteroatoms. The Morgan fingerprint density at radius 1 is 1.26 bits per heavy atom. The molecule has 3 aromatic heterocycles. The number of methoxy groups -OCH3 is 1. The van der Waals surface area contributed by atoms with Gasteiger partial charge in [-0.1, -0.05) is 6.58 Å². The number of aryl methyl sites for hydroxylation is 1. The van der Waals surface area contributed by atoms with Gasteiger partial charge >= 0.3 is 0 Å². The van der Waals surface area contributed by atoms with Gasteiger partial charge in [0, 0.05) is 25.5 Å². The molecule has 1 aliphatic rings. The van der Waals surface area contributed by atoms with Gasteiger partial charge in [-0.25, -0.2) is 9.97 Å². The van der Waals surface area contributed by atoms with E-state index in [4.69, 9.17) is 10.5 Å². The van der Waals surface area contributed by atoms with Gasteiger partial charge in [0.2, 0.25) is 17.7 Å². The van der Waals surface area contributed by atoms with Crippen molar-refractivity contribution in [1.82, 2.24) is 34.6 Å². The minimum Gasteiger partial charge on any atom is -0.479 e. The SMILES string of the molecule is C=CC(=O)N1CCCC(n2cc(Nc3ncc(C(N)=O)c(Nc4c(C)ncnc4OC)n3)cn2)C1. The highest BCUT2D eigenvalue weighted by Gasteiger charge is 2.24. The minimum atomic E-state index is -0.698. The molecule has 0 spiro atoms. The summed E-state index contributed by atoms with van der Waals surface area (Å²) in [5.74, 6) is -0.101. The molecule has 1 aliphatic heterocycles. The first-order valence-electron chi connectivity index (χ1n) is 10.9. The Morgan fingerprint density at radius 2 is 2.09 bits per heavy atom. The Kier molecular flexibility index (Phi) is 6.85. The number of carbonyl (C=O) groups is 2. The molecule has 0 bridgehead atoms. The Morgan fingerprint density at radius 3 is 2.83 bits per heavy atom. The fourth-order valence-corrected chi connectivity index (χ4v) is 3.82. The molecule has 4 heterocycles. The van der Waals surface area contributed by atoms with Crippen LogP contribution in [0.5, 0.6) is 5.88 Å². The van der Waals surface area contributed by atoms with Gasteiger partial charge < -0.3 is 26.0 Å². The maximum Gasteiger partial charge on any atom is 0.254 e. The number of hydrogen-bond donors (Lipinski definition) is 3. The van der Waals surface area contributed by atoms with Gasteiger partial charge in [-0.15, -0.1) is 0 Å². The number of likely N-dealkylation sites (tertiary alicyclic amines) is 1. The molecule has 1 atom stereocenters. The summed E-state index contributed by atoms with van der Waals surface area (Å²) in [5, 5.41) is 10.6. The van der Waals surface area contributed by atoms with Gasteiger partial charge in [-0.3, -0.25) is 14.3 Å². The monoisotopic (exact) mass is 478 g/mol. The third-order valence-electron chi connectivity index (χ3n) is 5.61. The second kappa shape index (κ2) is 10.2. The van der Waals surface area contributed by atoms with Crippen molar-refractivity contribution >= 4 is 35.0 Å². The number of amides is 2. The lowest BCUT2D eigenvalue weighted by atomic mass is 10.1. The van der Waals surface area contributed by atoms with Crippen LogP contribution in [-0.2, 0) is 4.79 Å². The van der Waals surface area contributed by atoms with E-state index in [1.54, 1.807) is 18.0 Å². The molecular weight excluding hydrogens is 452 g/mol. The highest BCUT2D eigenvalue weighted by Crippen LogP contribution is 2.29. The molecule has 2 amide bonds. The molecule has 0 aromatic carbocycles. The van der Waals surface area contributed by atoms with Crippen molar-refractivity contribution in [2.45, 2.75) is 25.8 Å². The Bertz CT molecular complexity index is 1260. The summed E-state index contributed by atoms with van der Waals surface area (Å²) in [6, 6.07) is 0.0482. The van der Waals surface area contributed by atoms with Crippen molar-refractivity contribution in [3.8, 4) is 5.88 Å². The molecule has 1 unspecified atom stereocenters. The van der Waals surface area contributed by atoms with E-state index in [2.05, 4.69) is 42.2 Å². The normalized spacial score (nSPS) is 15.4. The summed E-state index contributed by atoms with van der Waals surface area (Å²) in [5.41, 5.74) is 7.30. The fourth-order valence-electron chi connectivity index (χ4n) is 3.82. The van der Waals surface area contributed by atoms with Crippen LogP contribution in [0.3, 0.4) is 0 Å². The van der Waals surface area contributed by atoms with Gasteiger partial charge in [-0.05, 0) is 25.8 Å². The molecule has 1 saturated heterocycles. The van der Waals surface area contributed by atoms with Crippen molar-refractivity contribution in [3.63, 3.8) is 0 Å². The first-order chi connectivity index (χ1) is 16.9. The Balaban J connectivity index is 1.55. The summed E-state index contributed by atoms with van der Waals surface area (Å²) >= 11 is 0. The minimum absolute atomic E-state index is 0.0482. The molecule has 3 aromatic rings. The number of ether oxygens (including phenoxy) is 1. The van der Waals surface area contributed by atoms with Crippen molar-refractivity contribution in [2.75, 3.05) is 30.8 Å². The largest absolute Gasteiger partial charge is 0.479 e. The zero-order valence-electron chi connectivity index (χ0n) is 19.4. The molecule has 4 N–H and O–H groups in total. The van der Waals surface area contributed by atoms with Gasteiger partial charge in [0.25, 0.3) is 5.91 Å². The average Bonchev–Trinajstić information content (AvgIpc) is 3.33. The second-order valence-electron chi connectivity index (χ2n) is 7.91. The number of anilines is 4. The molecule has 35 heavy (non-hydrogen) atoms. The van der Waals surface area contributed by atoms with Crippen molar-refractivity contribution in [2.24, 2.45) is 5.73 Å². The zero-order chi connectivity index (χ0) is 24.9. The number of aromatic nitrogens is 6. The number of rotatable bonds is 8. The van der Waals surface area contributed by atoms with Crippen LogP contribution in [0.25, 0.3) is 0 Å². The van der Waals surface area contributed by atoms with E-state index in [0.717, 1.165) is 12.8 Å². The van der Waals surface area contributed by atoms with E-state index in [1.165, 1.54) is 25.7 Å². The fraction of sp³-hybridized carbons (Fsp3) is 0.318. The van der Waals surface area contributed by atoms with Crippen LogP contribution in [0.1, 0.15) is 34.9 Å². The predicted molar refractivity (Wildman–Crippen MR) is 128 cm³/mol. The van der Waals surface area contributed by atoms with Crippen molar-refractivity contribution < 1.29 is 14.3 Å². The van der Waals surface area contributed by atoms with E-state index >= 15 is 0 Å². The number of hydrogen-bond acceptors (Lipinski definition) is 10. The van der Waals surface area contributed by atoms with Crippen molar-refractivity contribution in [1.29, 1.82) is 0 Å². The van der Waals surface area contributed by atoms with Gasteiger partial charge in [0.1, 0.15) is 23.4 Å². The molecule has 0 radical (unpaired) electrons. The summed E-state index contributed by atoms with van der Waals surface area (Å²) in [4.78, 5) is 42.6. The van der Waals surface area contributed by atoms with Gasteiger partial charge in [-0.2, -0.15) is 15.1 Å². The lowest BCUT2D eigenvalue weighted by Gasteiger charge is -2.32. The van der Waals surface area contributed by atoms with E-state index in [-0.39, 0.29) is 29.3 Å². The highest BCUT2D eigenvalue weighted by atomic mass is 16.5. The van der Waals surface area contributed by atoms with Crippen LogP contribution >= 0.6 is 0 Å². The first-order valence-corrected chi connectivity index (χ1v) is 10.9. The zero-order valence-corrected chi connectivity index (χ0v) is 19.4. The van der Waals surface area contributed by atoms with E-state index in [9.17, 15) is 9.59 Å². The van der Waals surface area contributed by atoms with Crippen LogP contribution in [0.2, 0.25) is 0 Å². The molecule has 182 valence electrons. The maximum atomic E-state index is 12.0. The number of piperidine rings is 1. The number of nitrogens with two attached hydrogens (primary N) is 1. The number of carbonyl (C=O) groups excluding carboxylic acids is 2. The number of nitrogens with zero attached hydrogens (tertiary/aromatic N) is 7. The molecule has 1 fully saturated rings. The van der Waals surface area contributed by atoms with Crippen molar-refractivity contribution in [3.05, 3.63) is 48.8 Å². The van der Waals surface area contributed by atoms with Crippen LogP contribution in [0, 0.1) is 6.92 Å². The van der Waals surface area contributed by atoms with Crippen LogP contribution in [-0.4, -0.2) is 66.6 Å². The highest BCUT2D eigenvalue weighted by molar-refractivity contribution is 5.98. The third-order valence-corrected chi connectivity index (χ3v) is 5.61. The van der Waals surface area contributed by atoms with E-state index in [1.807, 2.05) is 10.9 Å². The summed E-state index contributed by atoms with van der Waals surface area (Å²) in [6.07, 6.45) is 9.28. The summed E-state index contributed by atoms with van der Waals surface area (Å²) < 4.78 is 7.10. The summed E-state index contributed by atoms with van der Waals surface area (Å²) in [7, 11) is 1.48. The lowest BCUT2D eigenvalue weighted by Crippen LogP contribution is -2.39. The second-order valence-corrected chi connectivity index (χ2v) is 7.91. The number of nitrogens with one attached hydrogen (secondary N) is 2. The van der Waals surface area contributed by atoms with Crippen LogP contribution in [0.15, 0.2) is 37.6 Å². The Labute approximate surface area is 201 Å². The van der Waals surface area contributed by atoms with Gasteiger partial charge in [0.15, 0.2) is 0 Å². The lowest BCUT2D eigenvalue weighted by molar-refractivity contribution is -0.127. The molecule has 13 nitrogen and oxygen atoms in total. The average molecular weight is 479 g/mol. The number of primary amides is 1. The van der Waals surface area contributed by atoms with Gasteiger partial charge in [0.05, 0.1) is 30.7 Å². The summed E-state index contributed by atoms with van der Waals surface area (Å²) in [6.45, 7) is 6.60. The molecule has 4 rings (SSSR count). The molecule has 0 saturated carbocycles. The molecular formula is C22H26N10O3. The standard InChI is InChI=1S/C22H26N10O3/c1-4-17(33)31-7-5-6-15(11-31)32-10-14(8-27-32)28-22-24-9-16(19(23)34)20(30-22)29-18-13(2)25-12-26-21(18)35-3/h4,8-10,12,15H,1,5-7,11H2,2-3H3,(H2,23,34)(H2,24,28,29,30). The van der Waals surface area contributed by atoms with E-state index < -0.39 is 5.91 Å². The molecule has 0 aliphatic carbocycles. The topological polar surface area (TPSA) is 166 Å². The van der Waals surface area contributed by atoms with Crippen LogP contribution < -0.4 is 21.1 Å². The third kappa shape index (κ3) is 5.18. The first kappa shape index (κ1) is 23.6. The van der Waals surface area contributed by atoms with Crippen LogP contribution in [0.4, 0.5) is 23.1 Å². The smallest absolute Gasteiger partial charge is 0.254 e.